The number of hydrogen-bond acceptors (Lipinski definition) is 4. The normalized spacial score (nSPS) is 10.5. The van der Waals surface area contributed by atoms with Gasteiger partial charge >= 0.3 is 0 Å². The molecule has 0 atom stereocenters. The van der Waals surface area contributed by atoms with Crippen molar-refractivity contribution in [3.63, 3.8) is 0 Å². The van der Waals surface area contributed by atoms with Crippen molar-refractivity contribution in [3.05, 3.63) is 61.6 Å². The molecule has 2 aromatic rings. The molecule has 0 spiro atoms. The topological polar surface area (TPSA) is 72.6 Å². The average Bonchev–Trinajstić information content (AvgIpc) is 2.43. The summed E-state index contributed by atoms with van der Waals surface area (Å²) in [5, 5.41) is 20.3. The number of aliphatic hydroxyl groups is 1. The van der Waals surface area contributed by atoms with E-state index >= 15 is 0 Å². The molecule has 0 aliphatic heterocycles. The molecule has 0 amide bonds. The highest BCUT2D eigenvalue weighted by atomic mass is 79.9. The first-order valence-corrected chi connectivity index (χ1v) is 7.04. The molecule has 0 aliphatic carbocycles. The summed E-state index contributed by atoms with van der Waals surface area (Å²) in [5.74, 6) is 1.06. The van der Waals surface area contributed by atoms with Crippen LogP contribution in [0.3, 0.4) is 0 Å². The van der Waals surface area contributed by atoms with E-state index in [1.807, 2.05) is 6.07 Å². The van der Waals surface area contributed by atoms with E-state index in [1.165, 1.54) is 6.07 Å². The SMILES string of the molecule is Cc1cc([N+](=O)[O-])c(C)cc1Oc1ccc(Br)cc1CO. The van der Waals surface area contributed by atoms with Gasteiger partial charge in [-0.3, -0.25) is 10.1 Å². The molecule has 2 aromatic carbocycles. The lowest BCUT2D eigenvalue weighted by molar-refractivity contribution is -0.385. The van der Waals surface area contributed by atoms with Crippen molar-refractivity contribution >= 4 is 21.6 Å². The number of nitrogens with zero attached hydrogens (tertiary/aromatic N) is 1. The lowest BCUT2D eigenvalue weighted by Gasteiger charge is -2.13. The van der Waals surface area contributed by atoms with Gasteiger partial charge in [0.15, 0.2) is 0 Å². The molecule has 110 valence electrons. The minimum absolute atomic E-state index is 0.0676. The monoisotopic (exact) mass is 351 g/mol. The van der Waals surface area contributed by atoms with Gasteiger partial charge in [0.1, 0.15) is 11.5 Å². The van der Waals surface area contributed by atoms with Crippen LogP contribution in [0.4, 0.5) is 5.69 Å². The van der Waals surface area contributed by atoms with Gasteiger partial charge in [-0.25, -0.2) is 0 Å². The smallest absolute Gasteiger partial charge is 0.272 e. The van der Waals surface area contributed by atoms with Gasteiger partial charge in [-0.05, 0) is 43.7 Å². The fourth-order valence-electron chi connectivity index (χ4n) is 1.97. The summed E-state index contributed by atoms with van der Waals surface area (Å²) in [6.07, 6.45) is 0. The molecule has 0 aromatic heterocycles. The van der Waals surface area contributed by atoms with Crippen molar-refractivity contribution in [1.82, 2.24) is 0 Å². The molecule has 21 heavy (non-hydrogen) atoms. The fraction of sp³-hybridized carbons (Fsp3) is 0.200. The Bertz CT molecular complexity index is 700. The molecule has 0 bridgehead atoms. The summed E-state index contributed by atoms with van der Waals surface area (Å²) in [7, 11) is 0. The molecule has 0 radical (unpaired) electrons. The molecule has 0 saturated carbocycles. The van der Waals surface area contributed by atoms with Gasteiger partial charge in [0.05, 0.1) is 11.5 Å². The number of halogens is 1. The van der Waals surface area contributed by atoms with E-state index in [-0.39, 0.29) is 12.3 Å². The molecule has 6 heteroatoms. The van der Waals surface area contributed by atoms with E-state index in [2.05, 4.69) is 15.9 Å². The first-order chi connectivity index (χ1) is 9.92. The number of benzene rings is 2. The minimum atomic E-state index is -0.412. The molecule has 0 unspecified atom stereocenters. The molecule has 2 rings (SSSR count). The Balaban J connectivity index is 2.41. The zero-order valence-corrected chi connectivity index (χ0v) is 13.2. The van der Waals surface area contributed by atoms with Crippen LogP contribution < -0.4 is 4.74 Å². The van der Waals surface area contributed by atoms with E-state index in [4.69, 9.17) is 4.74 Å². The second-order valence-electron chi connectivity index (χ2n) is 4.67. The van der Waals surface area contributed by atoms with E-state index in [9.17, 15) is 15.2 Å². The predicted octanol–water partition coefficient (Wildman–Crippen LogP) is 4.26. The number of ether oxygens (including phenoxy) is 1. The molecule has 0 aliphatic rings. The number of rotatable bonds is 4. The van der Waals surface area contributed by atoms with Gasteiger partial charge in [-0.2, -0.15) is 0 Å². The Kier molecular flexibility index (Phi) is 4.59. The highest BCUT2D eigenvalue weighted by Crippen LogP contribution is 2.33. The fourth-order valence-corrected chi connectivity index (χ4v) is 2.38. The second kappa shape index (κ2) is 6.24. The van der Waals surface area contributed by atoms with Crippen molar-refractivity contribution in [1.29, 1.82) is 0 Å². The predicted molar refractivity (Wildman–Crippen MR) is 82.7 cm³/mol. The lowest BCUT2D eigenvalue weighted by atomic mass is 10.1. The van der Waals surface area contributed by atoms with Crippen LogP contribution in [0.25, 0.3) is 0 Å². The Morgan fingerprint density at radius 3 is 2.52 bits per heavy atom. The van der Waals surface area contributed by atoms with E-state index < -0.39 is 4.92 Å². The van der Waals surface area contributed by atoms with Crippen LogP contribution in [0.15, 0.2) is 34.8 Å². The van der Waals surface area contributed by atoms with E-state index in [1.54, 1.807) is 32.0 Å². The van der Waals surface area contributed by atoms with Gasteiger partial charge in [0, 0.05) is 21.7 Å². The minimum Gasteiger partial charge on any atom is -0.457 e. The van der Waals surface area contributed by atoms with Crippen molar-refractivity contribution in [2.45, 2.75) is 20.5 Å². The largest absolute Gasteiger partial charge is 0.457 e. The summed E-state index contributed by atoms with van der Waals surface area (Å²) in [6, 6.07) is 8.44. The van der Waals surface area contributed by atoms with E-state index in [0.717, 1.165) is 4.47 Å². The van der Waals surface area contributed by atoms with Crippen molar-refractivity contribution in [3.8, 4) is 11.5 Å². The second-order valence-corrected chi connectivity index (χ2v) is 5.59. The summed E-state index contributed by atoms with van der Waals surface area (Å²) >= 11 is 3.33. The molecular formula is C15H14BrNO4. The van der Waals surface area contributed by atoms with Gasteiger partial charge < -0.3 is 9.84 Å². The van der Waals surface area contributed by atoms with Gasteiger partial charge in [-0.1, -0.05) is 15.9 Å². The number of aliphatic hydroxyl groups excluding tert-OH is 1. The molecule has 0 fully saturated rings. The summed E-state index contributed by atoms with van der Waals surface area (Å²) in [6.45, 7) is 3.26. The Labute approximate surface area is 130 Å². The number of hydrogen-bond donors (Lipinski definition) is 1. The highest BCUT2D eigenvalue weighted by Gasteiger charge is 2.15. The van der Waals surface area contributed by atoms with Crippen LogP contribution in [-0.2, 0) is 6.61 Å². The van der Waals surface area contributed by atoms with Crippen molar-refractivity contribution in [2.75, 3.05) is 0 Å². The van der Waals surface area contributed by atoms with Crippen LogP contribution in [-0.4, -0.2) is 10.0 Å². The van der Waals surface area contributed by atoms with Gasteiger partial charge in [0.25, 0.3) is 5.69 Å². The summed E-state index contributed by atoms with van der Waals surface area (Å²) in [4.78, 5) is 10.5. The Morgan fingerprint density at radius 1 is 1.19 bits per heavy atom. The Morgan fingerprint density at radius 2 is 1.90 bits per heavy atom. The maximum atomic E-state index is 10.9. The third kappa shape index (κ3) is 3.40. The zero-order valence-electron chi connectivity index (χ0n) is 11.6. The molecule has 0 saturated heterocycles. The molecule has 5 nitrogen and oxygen atoms in total. The quantitative estimate of drug-likeness (QED) is 0.659. The van der Waals surface area contributed by atoms with Gasteiger partial charge in [-0.15, -0.1) is 0 Å². The van der Waals surface area contributed by atoms with Crippen molar-refractivity contribution in [2.24, 2.45) is 0 Å². The third-order valence-corrected chi connectivity index (χ3v) is 3.60. The maximum absolute atomic E-state index is 10.9. The standard InChI is InChI=1S/C15H14BrNO4/c1-9-6-15(10(2)5-13(9)17(19)20)21-14-4-3-12(16)7-11(14)8-18/h3-7,18H,8H2,1-2H3. The molecular weight excluding hydrogens is 338 g/mol. The lowest BCUT2D eigenvalue weighted by Crippen LogP contribution is -1.97. The Hall–Kier alpha value is -1.92. The van der Waals surface area contributed by atoms with Crippen LogP contribution in [0.2, 0.25) is 0 Å². The van der Waals surface area contributed by atoms with Crippen LogP contribution >= 0.6 is 15.9 Å². The van der Waals surface area contributed by atoms with Crippen LogP contribution in [0, 0.1) is 24.0 Å². The van der Waals surface area contributed by atoms with E-state index in [0.29, 0.717) is 28.2 Å². The average molecular weight is 352 g/mol. The first-order valence-electron chi connectivity index (χ1n) is 6.25. The molecule has 1 N–H and O–H groups in total. The highest BCUT2D eigenvalue weighted by molar-refractivity contribution is 9.10. The first kappa shape index (κ1) is 15.5. The number of nitro groups is 1. The van der Waals surface area contributed by atoms with Crippen LogP contribution in [0.1, 0.15) is 16.7 Å². The zero-order chi connectivity index (χ0) is 15.6. The summed E-state index contributed by atoms with van der Waals surface area (Å²) < 4.78 is 6.64. The van der Waals surface area contributed by atoms with Crippen LogP contribution in [0.5, 0.6) is 11.5 Å². The summed E-state index contributed by atoms with van der Waals surface area (Å²) in [5.41, 5.74) is 1.90. The molecule has 0 heterocycles. The third-order valence-electron chi connectivity index (χ3n) is 3.10. The van der Waals surface area contributed by atoms with Gasteiger partial charge in [0.2, 0.25) is 0 Å². The van der Waals surface area contributed by atoms with Crippen molar-refractivity contribution < 1.29 is 14.8 Å². The maximum Gasteiger partial charge on any atom is 0.272 e. The number of nitro benzene ring substituents is 1. The number of aryl methyl sites for hydroxylation is 2.